The van der Waals surface area contributed by atoms with E-state index in [9.17, 15) is 9.59 Å². The maximum absolute atomic E-state index is 11.6. The first-order valence-electron chi connectivity index (χ1n) is 6.42. The van der Waals surface area contributed by atoms with Crippen molar-refractivity contribution in [2.45, 2.75) is 25.3 Å². The molecule has 2 atom stereocenters. The van der Waals surface area contributed by atoms with Crippen LogP contribution < -0.4 is 10.6 Å². The number of hydrogen-bond acceptors (Lipinski definition) is 3. The van der Waals surface area contributed by atoms with Gasteiger partial charge in [-0.15, -0.1) is 12.3 Å². The molecule has 2 unspecified atom stereocenters. The minimum atomic E-state index is -1.12. The number of amides is 2. The Hall–Kier alpha value is -1.74. The molecule has 0 aromatic rings. The first-order chi connectivity index (χ1) is 9.02. The van der Waals surface area contributed by atoms with E-state index in [0.29, 0.717) is 12.5 Å². The van der Waals surface area contributed by atoms with Gasteiger partial charge in [-0.25, -0.2) is 9.59 Å². The van der Waals surface area contributed by atoms with Gasteiger partial charge in [0, 0.05) is 19.5 Å². The van der Waals surface area contributed by atoms with Crippen LogP contribution in [0.15, 0.2) is 0 Å². The largest absolute Gasteiger partial charge is 0.480 e. The Bertz CT molecular complexity index is 365. The van der Waals surface area contributed by atoms with E-state index in [4.69, 9.17) is 11.5 Å². The maximum Gasteiger partial charge on any atom is 0.327 e. The molecule has 106 valence electrons. The summed E-state index contributed by atoms with van der Waals surface area (Å²) in [6, 6.07) is -1.50. The second-order valence-electron chi connectivity index (χ2n) is 4.92. The number of carbonyl (C=O) groups excluding carboxylic acids is 1. The highest BCUT2D eigenvalue weighted by Gasteiger charge is 2.20. The van der Waals surface area contributed by atoms with E-state index in [1.165, 1.54) is 0 Å². The van der Waals surface area contributed by atoms with Crippen LogP contribution in [0.5, 0.6) is 0 Å². The molecule has 1 fully saturated rings. The number of urea groups is 1. The zero-order valence-corrected chi connectivity index (χ0v) is 11.2. The lowest BCUT2D eigenvalue weighted by Gasteiger charge is -2.29. The first kappa shape index (κ1) is 15.3. The number of carbonyl (C=O) groups is 2. The summed E-state index contributed by atoms with van der Waals surface area (Å²) < 4.78 is 0. The highest BCUT2D eigenvalue weighted by atomic mass is 16.4. The molecule has 0 spiro atoms. The molecule has 1 heterocycles. The zero-order chi connectivity index (χ0) is 14.3. The number of piperidine rings is 1. The fourth-order valence-corrected chi connectivity index (χ4v) is 2.20. The second kappa shape index (κ2) is 7.64. The van der Waals surface area contributed by atoms with Crippen molar-refractivity contribution in [3.05, 3.63) is 0 Å². The Labute approximate surface area is 113 Å². The molecular weight excluding hydrogens is 246 g/mol. The van der Waals surface area contributed by atoms with Gasteiger partial charge in [0.05, 0.1) is 0 Å². The van der Waals surface area contributed by atoms with Crippen LogP contribution in [0, 0.1) is 18.3 Å². The summed E-state index contributed by atoms with van der Waals surface area (Å²) in [5.74, 6) is 1.53. The van der Waals surface area contributed by atoms with Gasteiger partial charge in [0.25, 0.3) is 0 Å². The van der Waals surface area contributed by atoms with E-state index >= 15 is 0 Å². The van der Waals surface area contributed by atoms with Crippen molar-refractivity contribution in [2.24, 2.45) is 5.92 Å². The number of carboxylic acid groups (broad SMARTS) is 1. The van der Waals surface area contributed by atoms with Crippen molar-refractivity contribution in [2.75, 3.05) is 26.7 Å². The molecule has 1 aliphatic rings. The van der Waals surface area contributed by atoms with Crippen molar-refractivity contribution in [1.82, 2.24) is 15.5 Å². The maximum atomic E-state index is 11.6. The molecule has 0 radical (unpaired) electrons. The summed E-state index contributed by atoms with van der Waals surface area (Å²) in [7, 11) is 2.06. The molecule has 2 amide bonds. The van der Waals surface area contributed by atoms with Crippen LogP contribution >= 0.6 is 0 Å². The third-order valence-electron chi connectivity index (χ3n) is 3.20. The quantitative estimate of drug-likeness (QED) is 0.617. The highest BCUT2D eigenvalue weighted by molar-refractivity contribution is 5.82. The van der Waals surface area contributed by atoms with Gasteiger partial charge in [0.1, 0.15) is 6.04 Å². The summed E-state index contributed by atoms with van der Waals surface area (Å²) in [5, 5.41) is 13.9. The molecule has 0 bridgehead atoms. The number of terminal acetylenes is 1. The highest BCUT2D eigenvalue weighted by Crippen LogP contribution is 2.13. The Morgan fingerprint density at radius 3 is 2.89 bits per heavy atom. The van der Waals surface area contributed by atoms with E-state index in [0.717, 1.165) is 25.9 Å². The fourth-order valence-electron chi connectivity index (χ4n) is 2.20. The summed E-state index contributed by atoms with van der Waals surface area (Å²) in [6.45, 7) is 2.59. The number of rotatable bonds is 5. The molecule has 1 rings (SSSR count). The monoisotopic (exact) mass is 267 g/mol. The predicted molar refractivity (Wildman–Crippen MR) is 71.6 cm³/mol. The van der Waals surface area contributed by atoms with Crippen molar-refractivity contribution < 1.29 is 14.7 Å². The van der Waals surface area contributed by atoms with Crippen molar-refractivity contribution in [1.29, 1.82) is 0 Å². The molecule has 3 N–H and O–H groups in total. The topological polar surface area (TPSA) is 81.7 Å². The van der Waals surface area contributed by atoms with Crippen molar-refractivity contribution >= 4 is 12.0 Å². The molecule has 1 saturated heterocycles. The van der Waals surface area contributed by atoms with E-state index in [1.54, 1.807) is 0 Å². The number of carboxylic acids is 1. The third kappa shape index (κ3) is 5.62. The molecule has 0 aliphatic carbocycles. The molecule has 19 heavy (non-hydrogen) atoms. The summed E-state index contributed by atoms with van der Waals surface area (Å²) in [5.41, 5.74) is 0. The number of nitrogens with one attached hydrogen (secondary N) is 2. The average molecular weight is 267 g/mol. The number of hydrogen-bond donors (Lipinski definition) is 3. The van der Waals surface area contributed by atoms with E-state index < -0.39 is 18.0 Å². The minimum absolute atomic E-state index is 0.0189. The fraction of sp³-hybridized carbons (Fsp3) is 0.692. The Balaban J connectivity index is 2.30. The Kier molecular flexibility index (Phi) is 6.16. The molecule has 6 heteroatoms. The SMILES string of the molecule is C#CCC(NC(=O)NCC1CCCN(C)C1)C(=O)O. The zero-order valence-electron chi connectivity index (χ0n) is 11.2. The van der Waals surface area contributed by atoms with Gasteiger partial charge in [0.2, 0.25) is 0 Å². The van der Waals surface area contributed by atoms with Crippen LogP contribution in [-0.4, -0.2) is 54.7 Å². The lowest BCUT2D eigenvalue weighted by molar-refractivity contribution is -0.139. The van der Waals surface area contributed by atoms with Crippen LogP contribution in [0.4, 0.5) is 4.79 Å². The van der Waals surface area contributed by atoms with E-state index in [-0.39, 0.29) is 6.42 Å². The smallest absolute Gasteiger partial charge is 0.327 e. The molecule has 0 aromatic heterocycles. The minimum Gasteiger partial charge on any atom is -0.480 e. The Morgan fingerprint density at radius 2 is 2.32 bits per heavy atom. The summed E-state index contributed by atoms with van der Waals surface area (Å²) >= 11 is 0. The normalized spacial score (nSPS) is 21.2. The van der Waals surface area contributed by atoms with Gasteiger partial charge in [-0.2, -0.15) is 0 Å². The number of aliphatic carboxylic acids is 1. The lowest BCUT2D eigenvalue weighted by atomic mass is 9.99. The number of likely N-dealkylation sites (tertiary alicyclic amines) is 1. The van der Waals surface area contributed by atoms with E-state index in [2.05, 4.69) is 28.5 Å². The van der Waals surface area contributed by atoms with Crippen molar-refractivity contribution in [3.63, 3.8) is 0 Å². The van der Waals surface area contributed by atoms with Crippen LogP contribution in [0.25, 0.3) is 0 Å². The molecule has 0 aromatic carbocycles. The summed E-state index contributed by atoms with van der Waals surface area (Å²) in [4.78, 5) is 24.6. The van der Waals surface area contributed by atoms with Gasteiger partial charge < -0.3 is 20.6 Å². The third-order valence-corrected chi connectivity index (χ3v) is 3.20. The first-order valence-corrected chi connectivity index (χ1v) is 6.42. The second-order valence-corrected chi connectivity index (χ2v) is 4.92. The van der Waals surface area contributed by atoms with Crippen LogP contribution in [0.2, 0.25) is 0 Å². The van der Waals surface area contributed by atoms with Gasteiger partial charge in [0.15, 0.2) is 0 Å². The standard InChI is InChI=1S/C13H21N3O3/c1-3-5-11(12(17)18)15-13(19)14-8-10-6-4-7-16(2)9-10/h1,10-11H,4-9H2,2H3,(H,17,18)(H2,14,15,19). The average Bonchev–Trinajstić information content (AvgIpc) is 2.36. The van der Waals surface area contributed by atoms with Gasteiger partial charge in [-0.1, -0.05) is 0 Å². The van der Waals surface area contributed by atoms with Crippen LogP contribution in [0.1, 0.15) is 19.3 Å². The molecule has 0 saturated carbocycles. The van der Waals surface area contributed by atoms with Crippen LogP contribution in [-0.2, 0) is 4.79 Å². The predicted octanol–water partition coefficient (Wildman–Crippen LogP) is 0.104. The van der Waals surface area contributed by atoms with Gasteiger partial charge in [-0.3, -0.25) is 0 Å². The lowest BCUT2D eigenvalue weighted by Crippen LogP contribution is -2.48. The molecular formula is C13H21N3O3. The van der Waals surface area contributed by atoms with Crippen LogP contribution in [0.3, 0.4) is 0 Å². The van der Waals surface area contributed by atoms with Crippen molar-refractivity contribution in [3.8, 4) is 12.3 Å². The van der Waals surface area contributed by atoms with Gasteiger partial charge >= 0.3 is 12.0 Å². The van der Waals surface area contributed by atoms with E-state index in [1.807, 2.05) is 0 Å². The molecule has 6 nitrogen and oxygen atoms in total. The number of nitrogens with zero attached hydrogens (tertiary/aromatic N) is 1. The Morgan fingerprint density at radius 1 is 1.58 bits per heavy atom. The summed E-state index contributed by atoms with van der Waals surface area (Å²) in [6.07, 6.45) is 7.24. The molecule has 1 aliphatic heterocycles. The van der Waals surface area contributed by atoms with Gasteiger partial charge in [-0.05, 0) is 32.4 Å².